The molecule has 0 saturated carbocycles. The van der Waals surface area contributed by atoms with Gasteiger partial charge in [0.15, 0.2) is 0 Å². The monoisotopic (exact) mass is 260 g/mol. The van der Waals surface area contributed by atoms with E-state index < -0.39 is 0 Å². The van der Waals surface area contributed by atoms with Crippen LogP contribution in [0.15, 0.2) is 0 Å². The second kappa shape index (κ2) is 6.41. The van der Waals surface area contributed by atoms with E-state index in [0.29, 0.717) is 5.92 Å². The molecule has 2 atom stereocenters. The van der Waals surface area contributed by atoms with Gasteiger partial charge in [0.05, 0.1) is 11.7 Å². The first kappa shape index (κ1) is 13.7. The summed E-state index contributed by atoms with van der Waals surface area (Å²) in [6, 6.07) is 0. The van der Waals surface area contributed by atoms with Crippen molar-refractivity contribution in [1.29, 1.82) is 0 Å². The Bertz CT molecular complexity index is 223. The maximum Gasteiger partial charge on any atom is 0.0730 e. The summed E-state index contributed by atoms with van der Waals surface area (Å²) in [6.07, 6.45) is 3.85. The third kappa shape index (κ3) is 3.60. The smallest absolute Gasteiger partial charge is 0.0730 e. The first-order valence-electron chi connectivity index (χ1n) is 6.73. The molecule has 17 heavy (non-hydrogen) atoms. The lowest BCUT2D eigenvalue weighted by atomic mass is 9.79. The zero-order valence-corrected chi connectivity index (χ0v) is 11.5. The molecule has 100 valence electrons. The molecule has 2 unspecified atom stereocenters. The molecule has 0 aromatic carbocycles. The fourth-order valence-corrected chi connectivity index (χ4v) is 3.61. The minimum Gasteiger partial charge on any atom is -0.392 e. The van der Waals surface area contributed by atoms with E-state index in [-0.39, 0.29) is 11.7 Å². The molecule has 2 saturated heterocycles. The molecule has 0 aromatic heterocycles. The van der Waals surface area contributed by atoms with Crippen molar-refractivity contribution in [3.63, 3.8) is 0 Å². The molecule has 2 rings (SSSR count). The summed E-state index contributed by atoms with van der Waals surface area (Å²) in [5.41, 5.74) is 0.0129. The summed E-state index contributed by atoms with van der Waals surface area (Å²) >= 11 is 1.83. The standard InChI is InChI=1S/C13H24O3S/c1-2-17-10-12(14)11-3-6-16-13(9-11)4-7-15-8-5-13/h11-12,14H,2-10H2,1H3. The lowest BCUT2D eigenvalue weighted by Crippen LogP contribution is -2.47. The van der Waals surface area contributed by atoms with Crippen LogP contribution in [0.1, 0.15) is 32.6 Å². The molecule has 0 aliphatic carbocycles. The highest BCUT2D eigenvalue weighted by Crippen LogP contribution is 2.38. The van der Waals surface area contributed by atoms with E-state index in [0.717, 1.165) is 57.0 Å². The van der Waals surface area contributed by atoms with Crippen LogP contribution < -0.4 is 0 Å². The first-order valence-corrected chi connectivity index (χ1v) is 7.89. The van der Waals surface area contributed by atoms with Gasteiger partial charge in [0.1, 0.15) is 0 Å². The summed E-state index contributed by atoms with van der Waals surface area (Å²) in [4.78, 5) is 0. The van der Waals surface area contributed by atoms with Gasteiger partial charge in [-0.25, -0.2) is 0 Å². The number of hydrogen-bond acceptors (Lipinski definition) is 4. The van der Waals surface area contributed by atoms with Gasteiger partial charge in [-0.15, -0.1) is 0 Å². The Morgan fingerprint density at radius 2 is 2.12 bits per heavy atom. The number of ether oxygens (including phenoxy) is 2. The van der Waals surface area contributed by atoms with Gasteiger partial charge in [0, 0.05) is 25.6 Å². The molecule has 3 nitrogen and oxygen atoms in total. The third-order valence-corrected chi connectivity index (χ3v) is 4.96. The molecule has 1 spiro atoms. The summed E-state index contributed by atoms with van der Waals surface area (Å²) in [5, 5.41) is 10.2. The van der Waals surface area contributed by atoms with Crippen molar-refractivity contribution in [3.05, 3.63) is 0 Å². The summed E-state index contributed by atoms with van der Waals surface area (Å²) < 4.78 is 11.4. The van der Waals surface area contributed by atoms with Crippen molar-refractivity contribution in [3.8, 4) is 0 Å². The summed E-state index contributed by atoms with van der Waals surface area (Å²) in [7, 11) is 0. The molecule has 0 amide bonds. The Morgan fingerprint density at radius 3 is 2.82 bits per heavy atom. The normalized spacial score (nSPS) is 30.4. The van der Waals surface area contributed by atoms with Gasteiger partial charge in [-0.2, -0.15) is 11.8 Å². The van der Waals surface area contributed by atoms with Gasteiger partial charge < -0.3 is 14.6 Å². The van der Waals surface area contributed by atoms with Gasteiger partial charge in [-0.1, -0.05) is 6.92 Å². The van der Waals surface area contributed by atoms with Crippen LogP contribution in [0.25, 0.3) is 0 Å². The average Bonchev–Trinajstić information content (AvgIpc) is 2.37. The highest BCUT2D eigenvalue weighted by atomic mass is 32.2. The van der Waals surface area contributed by atoms with Crippen molar-refractivity contribution in [2.24, 2.45) is 5.92 Å². The Labute approximate surface area is 108 Å². The van der Waals surface area contributed by atoms with E-state index in [1.54, 1.807) is 0 Å². The van der Waals surface area contributed by atoms with Crippen LogP contribution in [0.2, 0.25) is 0 Å². The van der Waals surface area contributed by atoms with Crippen molar-refractivity contribution >= 4 is 11.8 Å². The third-order valence-electron chi connectivity index (χ3n) is 3.97. The predicted molar refractivity (Wildman–Crippen MR) is 70.5 cm³/mol. The van der Waals surface area contributed by atoms with Crippen molar-refractivity contribution in [2.45, 2.75) is 44.3 Å². The van der Waals surface area contributed by atoms with Crippen LogP contribution in [0, 0.1) is 5.92 Å². The maximum absolute atomic E-state index is 10.2. The number of aliphatic hydroxyl groups excluding tert-OH is 1. The Kier molecular flexibility index (Phi) is 5.15. The van der Waals surface area contributed by atoms with Gasteiger partial charge in [-0.05, 0) is 37.4 Å². The van der Waals surface area contributed by atoms with Crippen LogP contribution in [0.5, 0.6) is 0 Å². The molecule has 0 bridgehead atoms. The van der Waals surface area contributed by atoms with Crippen molar-refractivity contribution in [1.82, 2.24) is 0 Å². The van der Waals surface area contributed by atoms with Gasteiger partial charge in [-0.3, -0.25) is 0 Å². The SMILES string of the molecule is CCSCC(O)C1CCOC2(CCOCC2)C1. The zero-order chi connectivity index (χ0) is 12.1. The molecule has 2 heterocycles. The Morgan fingerprint density at radius 1 is 1.35 bits per heavy atom. The molecule has 0 aromatic rings. The molecular weight excluding hydrogens is 236 g/mol. The number of rotatable bonds is 4. The van der Waals surface area contributed by atoms with Gasteiger partial charge in [0.2, 0.25) is 0 Å². The Balaban J connectivity index is 1.87. The van der Waals surface area contributed by atoms with Crippen molar-refractivity contribution < 1.29 is 14.6 Å². The topological polar surface area (TPSA) is 38.7 Å². The van der Waals surface area contributed by atoms with Crippen LogP contribution in [-0.2, 0) is 9.47 Å². The van der Waals surface area contributed by atoms with Crippen molar-refractivity contribution in [2.75, 3.05) is 31.3 Å². The largest absolute Gasteiger partial charge is 0.392 e. The maximum atomic E-state index is 10.2. The minimum atomic E-state index is -0.163. The fourth-order valence-electron chi connectivity index (χ4n) is 2.86. The summed E-state index contributed by atoms with van der Waals surface area (Å²) in [6.45, 7) is 4.57. The second-order valence-corrected chi connectivity index (χ2v) is 6.44. The molecule has 2 aliphatic heterocycles. The molecule has 4 heteroatoms. The van der Waals surface area contributed by atoms with Gasteiger partial charge in [0.25, 0.3) is 0 Å². The van der Waals surface area contributed by atoms with E-state index in [9.17, 15) is 5.11 Å². The molecule has 2 aliphatic rings. The number of hydrogen-bond donors (Lipinski definition) is 1. The molecular formula is C13H24O3S. The lowest BCUT2D eigenvalue weighted by Gasteiger charge is -2.44. The first-order chi connectivity index (χ1) is 8.26. The lowest BCUT2D eigenvalue weighted by molar-refractivity contribution is -0.156. The quantitative estimate of drug-likeness (QED) is 0.840. The molecule has 0 radical (unpaired) electrons. The van der Waals surface area contributed by atoms with Crippen LogP contribution in [0.3, 0.4) is 0 Å². The predicted octanol–water partition coefficient (Wildman–Crippen LogP) is 2.08. The molecule has 2 fully saturated rings. The second-order valence-electron chi connectivity index (χ2n) is 5.12. The minimum absolute atomic E-state index is 0.0129. The highest BCUT2D eigenvalue weighted by Gasteiger charge is 2.40. The van der Waals surface area contributed by atoms with Crippen LogP contribution in [0.4, 0.5) is 0 Å². The number of aliphatic hydroxyl groups is 1. The van der Waals surface area contributed by atoms with E-state index in [2.05, 4.69) is 6.92 Å². The number of thioether (sulfide) groups is 1. The fraction of sp³-hybridized carbons (Fsp3) is 1.00. The average molecular weight is 260 g/mol. The van der Waals surface area contributed by atoms with Crippen LogP contribution >= 0.6 is 11.8 Å². The van der Waals surface area contributed by atoms with E-state index in [1.807, 2.05) is 11.8 Å². The Hall–Kier alpha value is 0.230. The van der Waals surface area contributed by atoms with E-state index in [1.165, 1.54) is 0 Å². The van der Waals surface area contributed by atoms with Crippen LogP contribution in [-0.4, -0.2) is 48.1 Å². The van der Waals surface area contributed by atoms with E-state index >= 15 is 0 Å². The highest BCUT2D eigenvalue weighted by molar-refractivity contribution is 7.99. The van der Waals surface area contributed by atoms with Gasteiger partial charge >= 0.3 is 0 Å². The zero-order valence-electron chi connectivity index (χ0n) is 10.7. The summed E-state index contributed by atoms with van der Waals surface area (Å²) in [5.74, 6) is 2.37. The molecule has 1 N–H and O–H groups in total. The van der Waals surface area contributed by atoms with E-state index in [4.69, 9.17) is 9.47 Å².